The van der Waals surface area contributed by atoms with Crippen molar-refractivity contribution in [2.75, 3.05) is 39.1 Å². The van der Waals surface area contributed by atoms with Crippen molar-refractivity contribution in [2.45, 2.75) is 32.4 Å². The maximum Gasteiger partial charge on any atom is 0.411 e. The number of aliphatic imine (C=N–C) groups is 1. The Hall–Kier alpha value is -1.85. The number of nitrogens with one attached hydrogen (secondary N) is 3. The zero-order valence-corrected chi connectivity index (χ0v) is 22.1. The number of benzene rings is 1. The number of methoxy groups -OCH3 is 1. The van der Waals surface area contributed by atoms with Gasteiger partial charge in [-0.2, -0.15) is 0 Å². The molecule has 0 saturated carbocycles. The van der Waals surface area contributed by atoms with Crippen molar-refractivity contribution >= 4 is 53.1 Å². The van der Waals surface area contributed by atoms with Gasteiger partial charge in [-0.3, -0.25) is 15.2 Å². The van der Waals surface area contributed by atoms with Gasteiger partial charge in [0.25, 0.3) is 0 Å². The second-order valence-corrected chi connectivity index (χ2v) is 8.85. The maximum atomic E-state index is 11.3. The molecular weight excluding hydrogens is 537 g/mol. The third kappa shape index (κ3) is 7.93. The van der Waals surface area contributed by atoms with Crippen LogP contribution in [-0.2, 0) is 11.3 Å². The number of carbonyl (C=O) groups excluding carboxylic acids is 1. The molecule has 1 aromatic heterocycles. The lowest BCUT2D eigenvalue weighted by molar-refractivity contribution is 0.140. The molecule has 176 valence electrons. The zero-order chi connectivity index (χ0) is 22.1. The molecule has 2 heterocycles. The molecule has 2 aromatic rings. The summed E-state index contributed by atoms with van der Waals surface area (Å²) in [7, 11) is 3.14. The van der Waals surface area contributed by atoms with E-state index in [2.05, 4.69) is 55.0 Å². The standard InChI is InChI=1S/C23H33N5O2S.HI/c1-17-10-12-28(13-11-17)20(21-5-4-14-31-21)16-26-22(24-2)25-15-18-6-8-19(9-7-18)27-23(29)30-3;/h4-9,14,17,20H,10-13,15-16H2,1-3H3,(H,27,29)(H2,24,25,26);1H. The molecule has 1 fully saturated rings. The van der Waals surface area contributed by atoms with Gasteiger partial charge in [-0.15, -0.1) is 35.3 Å². The van der Waals surface area contributed by atoms with Crippen LogP contribution in [0, 0.1) is 5.92 Å². The van der Waals surface area contributed by atoms with Crippen LogP contribution in [0.2, 0.25) is 0 Å². The molecule has 1 atom stereocenters. The van der Waals surface area contributed by atoms with Crippen LogP contribution in [0.3, 0.4) is 0 Å². The summed E-state index contributed by atoms with van der Waals surface area (Å²) in [5.74, 6) is 1.60. The van der Waals surface area contributed by atoms with Crippen LogP contribution in [-0.4, -0.2) is 50.7 Å². The van der Waals surface area contributed by atoms with Gasteiger partial charge in [0.2, 0.25) is 0 Å². The summed E-state index contributed by atoms with van der Waals surface area (Å²) in [6.45, 7) is 6.09. The maximum absolute atomic E-state index is 11.3. The monoisotopic (exact) mass is 571 g/mol. The van der Waals surface area contributed by atoms with Crippen LogP contribution >= 0.6 is 35.3 Å². The molecule has 0 aliphatic carbocycles. The highest BCUT2D eigenvalue weighted by Gasteiger charge is 2.25. The fourth-order valence-electron chi connectivity index (χ4n) is 3.71. The second kappa shape index (κ2) is 13.6. The highest BCUT2D eigenvalue weighted by molar-refractivity contribution is 14.0. The lowest BCUT2D eigenvalue weighted by atomic mass is 9.97. The number of halogens is 1. The van der Waals surface area contributed by atoms with E-state index in [4.69, 9.17) is 0 Å². The summed E-state index contributed by atoms with van der Waals surface area (Å²) in [4.78, 5) is 19.7. The molecule has 1 aromatic carbocycles. The first kappa shape index (κ1) is 26.4. The molecule has 0 spiro atoms. The predicted molar refractivity (Wildman–Crippen MR) is 143 cm³/mol. The number of hydrogen-bond donors (Lipinski definition) is 3. The highest BCUT2D eigenvalue weighted by Crippen LogP contribution is 2.29. The number of amides is 1. The van der Waals surface area contributed by atoms with E-state index in [0.717, 1.165) is 37.1 Å². The Balaban J connectivity index is 0.00000363. The Bertz CT molecular complexity index is 837. The van der Waals surface area contributed by atoms with Crippen molar-refractivity contribution in [2.24, 2.45) is 10.9 Å². The van der Waals surface area contributed by atoms with Crippen LogP contribution in [0.5, 0.6) is 0 Å². The molecule has 9 heteroatoms. The van der Waals surface area contributed by atoms with Crippen LogP contribution < -0.4 is 16.0 Å². The molecular formula is C23H34IN5O2S. The number of thiophene rings is 1. The summed E-state index contributed by atoms with van der Waals surface area (Å²) in [5, 5.41) is 11.7. The molecule has 3 N–H and O–H groups in total. The third-order valence-electron chi connectivity index (χ3n) is 5.66. The largest absolute Gasteiger partial charge is 0.453 e. The number of likely N-dealkylation sites (tertiary alicyclic amines) is 1. The molecule has 0 bridgehead atoms. The van der Waals surface area contributed by atoms with Crippen LogP contribution in [0.4, 0.5) is 10.5 Å². The summed E-state index contributed by atoms with van der Waals surface area (Å²) in [5.41, 5.74) is 1.80. The molecule has 1 saturated heterocycles. The van der Waals surface area contributed by atoms with Crippen LogP contribution in [0.25, 0.3) is 0 Å². The van der Waals surface area contributed by atoms with Gasteiger partial charge in [0.15, 0.2) is 5.96 Å². The van der Waals surface area contributed by atoms with Gasteiger partial charge in [0.05, 0.1) is 13.2 Å². The molecule has 0 radical (unpaired) electrons. The second-order valence-electron chi connectivity index (χ2n) is 7.87. The van der Waals surface area contributed by atoms with Crippen molar-refractivity contribution in [3.8, 4) is 0 Å². The Morgan fingerprint density at radius 3 is 2.53 bits per heavy atom. The number of hydrogen-bond acceptors (Lipinski definition) is 5. The van der Waals surface area contributed by atoms with E-state index in [1.807, 2.05) is 35.6 Å². The smallest absolute Gasteiger partial charge is 0.411 e. The first-order valence-electron chi connectivity index (χ1n) is 10.7. The molecule has 7 nitrogen and oxygen atoms in total. The Kier molecular flexibility index (Phi) is 11.3. The van der Waals surface area contributed by atoms with Gasteiger partial charge >= 0.3 is 6.09 Å². The van der Waals surface area contributed by atoms with Crippen molar-refractivity contribution in [1.82, 2.24) is 15.5 Å². The van der Waals surface area contributed by atoms with E-state index in [9.17, 15) is 4.79 Å². The fraction of sp³-hybridized carbons (Fsp3) is 0.478. The van der Waals surface area contributed by atoms with Gasteiger partial charge < -0.3 is 15.4 Å². The fourth-order valence-corrected chi connectivity index (χ4v) is 4.57. The SMILES string of the molecule is CN=C(NCc1ccc(NC(=O)OC)cc1)NCC(c1cccs1)N1CCC(C)CC1.I. The number of carbonyl (C=O) groups is 1. The number of nitrogens with zero attached hydrogens (tertiary/aromatic N) is 2. The van der Waals surface area contributed by atoms with Crippen LogP contribution in [0.1, 0.15) is 36.2 Å². The summed E-state index contributed by atoms with van der Waals surface area (Å²) in [6, 6.07) is 12.4. The first-order chi connectivity index (χ1) is 15.1. The summed E-state index contributed by atoms with van der Waals surface area (Å²) < 4.78 is 4.61. The molecule has 1 amide bonds. The summed E-state index contributed by atoms with van der Waals surface area (Å²) in [6.07, 6.45) is 2.05. The van der Waals surface area contributed by atoms with Gasteiger partial charge in [-0.25, -0.2) is 4.79 Å². The average molecular weight is 572 g/mol. The molecule has 1 unspecified atom stereocenters. The highest BCUT2D eigenvalue weighted by atomic mass is 127. The number of rotatable bonds is 7. The van der Waals surface area contributed by atoms with Gasteiger partial charge in [-0.05, 0) is 61.0 Å². The average Bonchev–Trinajstić information content (AvgIpc) is 3.32. The lowest BCUT2D eigenvalue weighted by Crippen LogP contribution is -2.44. The van der Waals surface area contributed by atoms with Gasteiger partial charge in [-0.1, -0.05) is 25.1 Å². The Morgan fingerprint density at radius 2 is 1.94 bits per heavy atom. The predicted octanol–water partition coefficient (Wildman–Crippen LogP) is 4.68. The van der Waals surface area contributed by atoms with Crippen molar-refractivity contribution in [3.63, 3.8) is 0 Å². The zero-order valence-electron chi connectivity index (χ0n) is 19.0. The van der Waals surface area contributed by atoms with Crippen molar-refractivity contribution in [1.29, 1.82) is 0 Å². The number of piperidine rings is 1. The number of ether oxygens (including phenoxy) is 1. The van der Waals surface area contributed by atoms with Gasteiger partial charge in [0, 0.05) is 30.7 Å². The van der Waals surface area contributed by atoms with E-state index in [0.29, 0.717) is 18.3 Å². The molecule has 3 rings (SSSR count). The molecule has 1 aliphatic rings. The normalized spacial score (nSPS) is 16.0. The summed E-state index contributed by atoms with van der Waals surface area (Å²) >= 11 is 1.82. The topological polar surface area (TPSA) is 78.0 Å². The minimum absolute atomic E-state index is 0. The van der Waals surface area contributed by atoms with E-state index in [-0.39, 0.29) is 24.0 Å². The minimum atomic E-state index is -0.473. The van der Waals surface area contributed by atoms with Gasteiger partial charge in [0.1, 0.15) is 0 Å². The Labute approximate surface area is 212 Å². The first-order valence-corrected chi connectivity index (χ1v) is 11.6. The molecule has 1 aliphatic heterocycles. The van der Waals surface area contributed by atoms with E-state index >= 15 is 0 Å². The minimum Gasteiger partial charge on any atom is -0.453 e. The van der Waals surface area contributed by atoms with Crippen molar-refractivity contribution < 1.29 is 9.53 Å². The van der Waals surface area contributed by atoms with Crippen LogP contribution in [0.15, 0.2) is 46.8 Å². The van der Waals surface area contributed by atoms with E-state index in [1.54, 1.807) is 7.05 Å². The lowest BCUT2D eigenvalue weighted by Gasteiger charge is -2.36. The van der Waals surface area contributed by atoms with Crippen molar-refractivity contribution in [3.05, 3.63) is 52.2 Å². The quantitative estimate of drug-likeness (QED) is 0.256. The Morgan fingerprint density at radius 1 is 1.22 bits per heavy atom. The van der Waals surface area contributed by atoms with E-state index < -0.39 is 6.09 Å². The van der Waals surface area contributed by atoms with E-state index in [1.165, 1.54) is 24.8 Å². The number of anilines is 1. The number of guanidine groups is 1. The molecule has 32 heavy (non-hydrogen) atoms. The third-order valence-corrected chi connectivity index (χ3v) is 6.64.